The number of nitrogens with zero attached hydrogens (tertiary/aromatic N) is 2. The fourth-order valence-electron chi connectivity index (χ4n) is 2.46. The molecular weight excluding hydrogens is 230 g/mol. The van der Waals surface area contributed by atoms with Crippen LogP contribution in [0.2, 0.25) is 0 Å². The maximum atomic E-state index is 5.64. The summed E-state index contributed by atoms with van der Waals surface area (Å²) in [7, 11) is 0. The molecule has 0 saturated carbocycles. The average molecular weight is 247 g/mol. The molecule has 1 aromatic rings. The maximum absolute atomic E-state index is 5.64. The Morgan fingerprint density at radius 1 is 1.17 bits per heavy atom. The van der Waals surface area contributed by atoms with Crippen molar-refractivity contribution in [3.63, 3.8) is 0 Å². The van der Waals surface area contributed by atoms with E-state index in [9.17, 15) is 0 Å². The smallest absolute Gasteiger partial charge is 0.242 e. The van der Waals surface area contributed by atoms with E-state index in [1.807, 2.05) is 12.1 Å². The molecule has 2 aliphatic rings. The van der Waals surface area contributed by atoms with E-state index < -0.39 is 0 Å². The second-order valence-corrected chi connectivity index (χ2v) is 4.69. The molecule has 3 heterocycles. The number of nitrogen functional groups attached to an aromatic ring is 1. The van der Waals surface area contributed by atoms with Crippen molar-refractivity contribution in [2.24, 2.45) is 5.92 Å². The molecule has 1 fully saturated rings. The molecule has 0 spiro atoms. The first kappa shape index (κ1) is 11.2. The average Bonchev–Trinajstić information content (AvgIpc) is 2.94. The van der Waals surface area contributed by atoms with E-state index in [1.165, 1.54) is 0 Å². The summed E-state index contributed by atoms with van der Waals surface area (Å²) in [5, 5.41) is 0. The van der Waals surface area contributed by atoms with Crippen molar-refractivity contribution in [1.82, 2.24) is 4.98 Å². The molecule has 18 heavy (non-hydrogen) atoms. The van der Waals surface area contributed by atoms with E-state index in [2.05, 4.69) is 9.88 Å². The minimum atomic E-state index is -0.0912. The summed E-state index contributed by atoms with van der Waals surface area (Å²) in [5.74, 6) is 1.46. The lowest BCUT2D eigenvalue weighted by atomic mass is 9.96. The SMILES string of the molecule is Nc1ccc(N2CCC(C3OC=CO3)CC2)nc1. The minimum Gasteiger partial charge on any atom is -0.459 e. The van der Waals surface area contributed by atoms with Crippen LogP contribution in [0, 0.1) is 5.92 Å². The molecule has 5 heteroatoms. The van der Waals surface area contributed by atoms with Gasteiger partial charge in [-0.05, 0) is 25.0 Å². The third-order valence-corrected chi connectivity index (χ3v) is 3.50. The number of hydrogen-bond donors (Lipinski definition) is 1. The van der Waals surface area contributed by atoms with Crippen molar-refractivity contribution in [3.05, 3.63) is 30.9 Å². The summed E-state index contributed by atoms with van der Waals surface area (Å²) in [4.78, 5) is 6.63. The molecule has 5 nitrogen and oxygen atoms in total. The Kier molecular flexibility index (Phi) is 2.96. The predicted molar refractivity (Wildman–Crippen MR) is 68.7 cm³/mol. The quantitative estimate of drug-likeness (QED) is 0.862. The van der Waals surface area contributed by atoms with Gasteiger partial charge in [-0.25, -0.2) is 4.98 Å². The first-order valence-corrected chi connectivity index (χ1v) is 6.25. The molecule has 0 radical (unpaired) electrons. The second kappa shape index (κ2) is 4.76. The van der Waals surface area contributed by atoms with E-state index in [0.717, 1.165) is 31.7 Å². The van der Waals surface area contributed by atoms with Gasteiger partial charge in [0.1, 0.15) is 18.3 Å². The lowest BCUT2D eigenvalue weighted by molar-refractivity contribution is -0.0728. The number of aromatic nitrogens is 1. The van der Waals surface area contributed by atoms with Gasteiger partial charge in [-0.1, -0.05) is 0 Å². The van der Waals surface area contributed by atoms with Gasteiger partial charge in [0.25, 0.3) is 0 Å². The van der Waals surface area contributed by atoms with E-state index in [4.69, 9.17) is 15.2 Å². The van der Waals surface area contributed by atoms with E-state index in [1.54, 1.807) is 18.7 Å². The molecule has 3 rings (SSSR count). The van der Waals surface area contributed by atoms with Crippen LogP contribution in [-0.2, 0) is 9.47 Å². The number of piperidine rings is 1. The Morgan fingerprint density at radius 3 is 2.50 bits per heavy atom. The highest BCUT2D eigenvalue weighted by Crippen LogP contribution is 2.28. The first-order chi connectivity index (χ1) is 8.83. The summed E-state index contributed by atoms with van der Waals surface area (Å²) >= 11 is 0. The van der Waals surface area contributed by atoms with Crippen LogP contribution in [0.3, 0.4) is 0 Å². The zero-order valence-corrected chi connectivity index (χ0v) is 10.2. The van der Waals surface area contributed by atoms with Gasteiger partial charge in [0.05, 0.1) is 11.9 Å². The molecule has 0 amide bonds. The van der Waals surface area contributed by atoms with Gasteiger partial charge in [-0.2, -0.15) is 0 Å². The molecule has 2 aliphatic heterocycles. The summed E-state index contributed by atoms with van der Waals surface area (Å²) < 4.78 is 10.8. The Hall–Kier alpha value is -1.91. The highest BCUT2D eigenvalue weighted by atomic mass is 16.7. The lowest BCUT2D eigenvalue weighted by Crippen LogP contribution is -2.38. The largest absolute Gasteiger partial charge is 0.459 e. The second-order valence-electron chi connectivity index (χ2n) is 4.69. The van der Waals surface area contributed by atoms with E-state index in [0.29, 0.717) is 11.6 Å². The van der Waals surface area contributed by atoms with Crippen LogP contribution in [-0.4, -0.2) is 24.4 Å². The third-order valence-electron chi connectivity index (χ3n) is 3.50. The van der Waals surface area contributed by atoms with Crippen LogP contribution in [0.15, 0.2) is 30.9 Å². The van der Waals surface area contributed by atoms with Crippen molar-refractivity contribution >= 4 is 11.5 Å². The summed E-state index contributed by atoms with van der Waals surface area (Å²) in [6.45, 7) is 1.95. The monoisotopic (exact) mass is 247 g/mol. The predicted octanol–water partition coefficient (Wildman–Crippen LogP) is 1.72. The molecule has 0 aliphatic carbocycles. The van der Waals surface area contributed by atoms with Crippen LogP contribution in [0.1, 0.15) is 12.8 Å². The van der Waals surface area contributed by atoms with Crippen molar-refractivity contribution in [2.45, 2.75) is 19.1 Å². The Bertz CT molecular complexity index is 416. The zero-order chi connectivity index (χ0) is 12.4. The van der Waals surface area contributed by atoms with Crippen molar-refractivity contribution < 1.29 is 9.47 Å². The van der Waals surface area contributed by atoms with Crippen LogP contribution in [0.4, 0.5) is 11.5 Å². The molecule has 2 N–H and O–H groups in total. The Morgan fingerprint density at radius 2 is 1.89 bits per heavy atom. The maximum Gasteiger partial charge on any atom is 0.242 e. The van der Waals surface area contributed by atoms with Gasteiger partial charge in [-0.15, -0.1) is 0 Å². The molecule has 1 aromatic heterocycles. The van der Waals surface area contributed by atoms with Crippen molar-refractivity contribution in [1.29, 1.82) is 0 Å². The molecule has 0 aromatic carbocycles. The van der Waals surface area contributed by atoms with Crippen LogP contribution < -0.4 is 10.6 Å². The Balaban J connectivity index is 1.57. The van der Waals surface area contributed by atoms with Gasteiger partial charge in [-0.3, -0.25) is 0 Å². The molecular formula is C13H17N3O2. The molecule has 96 valence electrons. The van der Waals surface area contributed by atoms with Crippen molar-refractivity contribution in [3.8, 4) is 0 Å². The fraction of sp³-hybridized carbons (Fsp3) is 0.462. The van der Waals surface area contributed by atoms with Crippen LogP contribution >= 0.6 is 0 Å². The standard InChI is InChI=1S/C13H17N3O2/c14-11-1-2-12(15-9-11)16-5-3-10(4-6-16)13-17-7-8-18-13/h1-2,7-10,13H,3-6,14H2. The van der Waals surface area contributed by atoms with Gasteiger partial charge >= 0.3 is 0 Å². The molecule has 0 unspecified atom stereocenters. The van der Waals surface area contributed by atoms with E-state index in [-0.39, 0.29) is 6.29 Å². The molecule has 0 bridgehead atoms. The number of ether oxygens (including phenoxy) is 2. The molecule has 1 saturated heterocycles. The fourth-order valence-corrected chi connectivity index (χ4v) is 2.46. The normalized spacial score (nSPS) is 20.8. The third kappa shape index (κ3) is 2.20. The van der Waals surface area contributed by atoms with Gasteiger partial charge in [0, 0.05) is 19.0 Å². The zero-order valence-electron chi connectivity index (χ0n) is 10.2. The Labute approximate surface area is 106 Å². The van der Waals surface area contributed by atoms with Gasteiger partial charge in [0.2, 0.25) is 6.29 Å². The number of pyridine rings is 1. The summed E-state index contributed by atoms with van der Waals surface area (Å²) in [6.07, 6.45) is 6.97. The summed E-state index contributed by atoms with van der Waals surface area (Å²) in [5.41, 5.74) is 6.34. The number of rotatable bonds is 2. The van der Waals surface area contributed by atoms with Gasteiger partial charge in [0.15, 0.2) is 0 Å². The topological polar surface area (TPSA) is 60.6 Å². The number of hydrogen-bond acceptors (Lipinski definition) is 5. The minimum absolute atomic E-state index is 0.0912. The molecule has 0 atom stereocenters. The van der Waals surface area contributed by atoms with Crippen LogP contribution in [0.25, 0.3) is 0 Å². The summed E-state index contributed by atoms with van der Waals surface area (Å²) in [6, 6.07) is 3.86. The first-order valence-electron chi connectivity index (χ1n) is 6.25. The highest BCUT2D eigenvalue weighted by Gasteiger charge is 2.30. The van der Waals surface area contributed by atoms with E-state index >= 15 is 0 Å². The number of nitrogens with two attached hydrogens (primary N) is 1. The van der Waals surface area contributed by atoms with Crippen LogP contribution in [0.5, 0.6) is 0 Å². The number of anilines is 2. The van der Waals surface area contributed by atoms with Gasteiger partial charge < -0.3 is 20.1 Å². The van der Waals surface area contributed by atoms with Crippen molar-refractivity contribution in [2.75, 3.05) is 23.7 Å². The lowest BCUT2D eigenvalue weighted by Gasteiger charge is -2.34. The highest BCUT2D eigenvalue weighted by molar-refractivity contribution is 5.45.